The third-order valence-electron chi connectivity index (χ3n) is 2.41. The molecule has 1 aliphatic heterocycles. The maximum absolute atomic E-state index is 13.1. The van der Waals surface area contributed by atoms with Crippen molar-refractivity contribution in [2.24, 2.45) is 0 Å². The van der Waals surface area contributed by atoms with Gasteiger partial charge in [0.05, 0.1) is 10.6 Å². The number of rotatable bonds is 1. The molecule has 1 aromatic rings. The van der Waals surface area contributed by atoms with Gasteiger partial charge in [-0.2, -0.15) is 13.2 Å². The van der Waals surface area contributed by atoms with Crippen molar-refractivity contribution in [2.45, 2.75) is 12.3 Å². The fourth-order valence-electron chi connectivity index (χ4n) is 1.65. The molecule has 1 atom stereocenters. The van der Waals surface area contributed by atoms with Gasteiger partial charge < -0.3 is 9.84 Å². The van der Waals surface area contributed by atoms with Crippen LogP contribution in [-0.4, -0.2) is 23.4 Å². The Hall–Kier alpha value is -1.76. The van der Waals surface area contributed by atoms with Crippen LogP contribution < -0.4 is 4.74 Å². The smallest absolute Gasteiger partial charge is 0.430 e. The molecule has 19 heavy (non-hydrogen) atoms. The normalized spacial score (nSPS) is 18.4. The van der Waals surface area contributed by atoms with E-state index in [2.05, 4.69) is 4.74 Å². The van der Waals surface area contributed by atoms with Crippen LogP contribution in [0.3, 0.4) is 0 Å². The summed E-state index contributed by atoms with van der Waals surface area (Å²) in [5, 5.41) is 8.40. The second-order valence-electron chi connectivity index (χ2n) is 3.75. The molecule has 1 aliphatic rings. The molecule has 0 unspecified atom stereocenters. The Morgan fingerprint density at radius 2 is 2.00 bits per heavy atom. The summed E-state index contributed by atoms with van der Waals surface area (Å²) in [5.74, 6) is -3.00. The summed E-state index contributed by atoms with van der Waals surface area (Å²) in [7, 11) is 0. The van der Waals surface area contributed by atoms with Gasteiger partial charge in [0.15, 0.2) is 0 Å². The first kappa shape index (κ1) is 13.7. The maximum atomic E-state index is 13.1. The van der Waals surface area contributed by atoms with E-state index in [1.807, 2.05) is 0 Å². The van der Waals surface area contributed by atoms with E-state index in [0.717, 1.165) is 12.1 Å². The van der Waals surface area contributed by atoms with Crippen molar-refractivity contribution in [3.8, 4) is 5.75 Å². The van der Waals surface area contributed by atoms with Crippen LogP contribution in [0.5, 0.6) is 5.75 Å². The first-order valence-corrected chi connectivity index (χ1v) is 5.25. The van der Waals surface area contributed by atoms with Crippen molar-refractivity contribution in [1.29, 1.82) is 0 Å². The summed E-state index contributed by atoms with van der Waals surface area (Å²) < 4.78 is 55.8. The van der Waals surface area contributed by atoms with Gasteiger partial charge in [-0.25, -0.2) is 9.18 Å². The molecule has 3 nitrogen and oxygen atoms in total. The van der Waals surface area contributed by atoms with Crippen LogP contribution in [0.2, 0.25) is 5.02 Å². The number of halogens is 5. The highest BCUT2D eigenvalue weighted by Gasteiger charge is 2.48. The lowest BCUT2D eigenvalue weighted by Gasteiger charge is -2.27. The van der Waals surface area contributed by atoms with Crippen molar-refractivity contribution in [3.63, 3.8) is 0 Å². The lowest BCUT2D eigenvalue weighted by atomic mass is 10.0. The summed E-state index contributed by atoms with van der Waals surface area (Å²) in [6.45, 7) is 0. The fraction of sp³-hybridized carbons (Fsp3) is 0.182. The first-order valence-electron chi connectivity index (χ1n) is 4.87. The topological polar surface area (TPSA) is 46.5 Å². The third-order valence-corrected chi connectivity index (χ3v) is 2.69. The van der Waals surface area contributed by atoms with Gasteiger partial charge >= 0.3 is 12.1 Å². The molecule has 102 valence electrons. The van der Waals surface area contributed by atoms with Crippen molar-refractivity contribution in [1.82, 2.24) is 0 Å². The summed E-state index contributed by atoms with van der Waals surface area (Å²) in [4.78, 5) is 10.8. The molecular weight excluding hydrogens is 292 g/mol. The molecule has 0 bridgehead atoms. The van der Waals surface area contributed by atoms with E-state index < -0.39 is 35.4 Å². The minimum Gasteiger partial charge on any atom is -0.478 e. The number of aliphatic carboxylic acids is 1. The number of ether oxygens (including phenoxy) is 1. The van der Waals surface area contributed by atoms with E-state index in [9.17, 15) is 22.4 Å². The first-order chi connectivity index (χ1) is 8.70. The predicted molar refractivity (Wildman–Crippen MR) is 57.5 cm³/mol. The highest BCUT2D eigenvalue weighted by atomic mass is 35.5. The van der Waals surface area contributed by atoms with Crippen LogP contribution in [0, 0.1) is 5.82 Å². The average Bonchev–Trinajstić information content (AvgIpc) is 2.25. The Kier molecular flexibility index (Phi) is 3.17. The Bertz CT molecular complexity index is 580. The number of fused-ring (bicyclic) bond motifs is 1. The largest absolute Gasteiger partial charge is 0.478 e. The van der Waals surface area contributed by atoms with E-state index in [0.29, 0.717) is 6.08 Å². The Morgan fingerprint density at radius 1 is 1.37 bits per heavy atom. The lowest BCUT2D eigenvalue weighted by molar-refractivity contribution is -0.187. The number of hydrogen-bond acceptors (Lipinski definition) is 2. The zero-order valence-corrected chi connectivity index (χ0v) is 9.72. The quantitative estimate of drug-likeness (QED) is 0.809. The highest BCUT2D eigenvalue weighted by molar-refractivity contribution is 6.32. The zero-order valence-electron chi connectivity index (χ0n) is 8.96. The van der Waals surface area contributed by atoms with E-state index in [1.54, 1.807) is 0 Å². The maximum Gasteiger partial charge on any atom is 0.430 e. The van der Waals surface area contributed by atoms with E-state index in [1.165, 1.54) is 0 Å². The fourth-order valence-corrected chi connectivity index (χ4v) is 1.91. The SMILES string of the molecule is O=C(O)C1=Cc2cc(F)cc(Cl)c2O[C@@H]1C(F)(F)F. The summed E-state index contributed by atoms with van der Waals surface area (Å²) in [6.07, 6.45) is -6.85. The van der Waals surface area contributed by atoms with Crippen LogP contribution in [-0.2, 0) is 4.79 Å². The number of carboxylic acids is 1. The minimum absolute atomic E-state index is 0.150. The number of carbonyl (C=O) groups is 1. The van der Waals surface area contributed by atoms with Crippen LogP contribution in [0.25, 0.3) is 6.08 Å². The van der Waals surface area contributed by atoms with E-state index in [-0.39, 0.29) is 10.6 Å². The Labute approximate surface area is 109 Å². The van der Waals surface area contributed by atoms with Crippen LogP contribution in [0.4, 0.5) is 17.6 Å². The second-order valence-corrected chi connectivity index (χ2v) is 4.16. The molecule has 0 spiro atoms. The highest BCUT2D eigenvalue weighted by Crippen LogP contribution is 2.41. The molecule has 0 fully saturated rings. The molecular formula is C11H5ClF4O3. The van der Waals surface area contributed by atoms with Crippen LogP contribution in [0.1, 0.15) is 5.56 Å². The molecule has 0 saturated carbocycles. The lowest BCUT2D eigenvalue weighted by Crippen LogP contribution is -2.40. The zero-order chi connectivity index (χ0) is 14.4. The summed E-state index contributed by atoms with van der Waals surface area (Å²) in [5.41, 5.74) is -1.18. The average molecular weight is 297 g/mol. The molecule has 0 radical (unpaired) electrons. The van der Waals surface area contributed by atoms with Gasteiger partial charge in [-0.1, -0.05) is 11.6 Å². The van der Waals surface area contributed by atoms with Crippen molar-refractivity contribution < 1.29 is 32.2 Å². The molecule has 0 saturated heterocycles. The van der Waals surface area contributed by atoms with Gasteiger partial charge in [0, 0.05) is 5.56 Å². The molecule has 0 aliphatic carbocycles. The third kappa shape index (κ3) is 2.51. The van der Waals surface area contributed by atoms with Crippen molar-refractivity contribution in [2.75, 3.05) is 0 Å². The molecule has 2 rings (SSSR count). The number of carboxylic acid groups (broad SMARTS) is 1. The summed E-state index contributed by atoms with van der Waals surface area (Å²) >= 11 is 5.58. The van der Waals surface area contributed by atoms with Gasteiger partial charge in [-0.15, -0.1) is 0 Å². The van der Waals surface area contributed by atoms with E-state index >= 15 is 0 Å². The van der Waals surface area contributed by atoms with Gasteiger partial charge in [0.25, 0.3) is 0 Å². The minimum atomic E-state index is -4.92. The molecule has 1 N–H and O–H groups in total. The van der Waals surface area contributed by atoms with Crippen molar-refractivity contribution >= 4 is 23.6 Å². The Morgan fingerprint density at radius 3 is 2.53 bits per heavy atom. The van der Waals surface area contributed by atoms with Crippen LogP contribution >= 0.6 is 11.6 Å². The van der Waals surface area contributed by atoms with Gasteiger partial charge in [-0.05, 0) is 18.2 Å². The van der Waals surface area contributed by atoms with Crippen molar-refractivity contribution in [3.05, 3.63) is 34.1 Å². The number of hydrogen-bond donors (Lipinski definition) is 1. The van der Waals surface area contributed by atoms with Crippen LogP contribution in [0.15, 0.2) is 17.7 Å². The number of benzene rings is 1. The standard InChI is InChI=1S/C11H5ClF4O3/c12-7-3-5(13)1-4-2-6(10(17)18)9(11(14,15)16)19-8(4)7/h1-3,9H,(H,17,18)/t9-/m0/s1. The molecule has 1 aromatic carbocycles. The molecule has 0 amide bonds. The molecule has 1 heterocycles. The Balaban J connectivity index is 2.61. The predicted octanol–water partition coefficient (Wildman–Crippen LogP) is 3.27. The number of alkyl halides is 3. The monoisotopic (exact) mass is 296 g/mol. The summed E-state index contributed by atoms with van der Waals surface area (Å²) in [6, 6.07) is 1.63. The molecule has 8 heteroatoms. The van der Waals surface area contributed by atoms with Gasteiger partial charge in [0.1, 0.15) is 11.6 Å². The second kappa shape index (κ2) is 4.41. The van der Waals surface area contributed by atoms with E-state index in [4.69, 9.17) is 16.7 Å². The molecule has 0 aromatic heterocycles. The van der Waals surface area contributed by atoms with Gasteiger partial charge in [0.2, 0.25) is 6.10 Å². The van der Waals surface area contributed by atoms with Gasteiger partial charge in [-0.3, -0.25) is 0 Å².